The van der Waals surface area contributed by atoms with Gasteiger partial charge in [-0.2, -0.15) is 5.26 Å². The van der Waals surface area contributed by atoms with Crippen LogP contribution < -0.4 is 10.9 Å². The molecule has 0 spiro atoms. The third kappa shape index (κ3) is 3.40. The van der Waals surface area contributed by atoms with E-state index < -0.39 is 0 Å². The summed E-state index contributed by atoms with van der Waals surface area (Å²) in [6, 6.07) is 1.91. The van der Waals surface area contributed by atoms with Gasteiger partial charge in [0, 0.05) is 23.2 Å². The summed E-state index contributed by atoms with van der Waals surface area (Å²) >= 11 is 1.42. The molecule has 0 saturated carbocycles. The summed E-state index contributed by atoms with van der Waals surface area (Å²) in [6.07, 6.45) is 2.42. The monoisotopic (exact) mass is 316 g/mol. The Morgan fingerprint density at radius 3 is 2.77 bits per heavy atom. The van der Waals surface area contributed by atoms with Crippen LogP contribution >= 0.6 is 11.3 Å². The van der Waals surface area contributed by atoms with Crippen LogP contribution in [0.1, 0.15) is 33.7 Å². The number of aryl methyl sites for hydroxylation is 2. The lowest BCUT2D eigenvalue weighted by molar-refractivity contribution is -0.116. The van der Waals surface area contributed by atoms with Crippen molar-refractivity contribution < 1.29 is 4.79 Å². The van der Waals surface area contributed by atoms with Gasteiger partial charge in [-0.25, -0.2) is 4.98 Å². The van der Waals surface area contributed by atoms with Gasteiger partial charge in [0.15, 0.2) is 5.13 Å². The molecule has 0 aliphatic carbocycles. The highest BCUT2D eigenvalue weighted by molar-refractivity contribution is 7.15. The van der Waals surface area contributed by atoms with Gasteiger partial charge in [0.1, 0.15) is 11.6 Å². The highest BCUT2D eigenvalue weighted by Crippen LogP contribution is 2.18. The van der Waals surface area contributed by atoms with Gasteiger partial charge in [-0.3, -0.25) is 9.59 Å². The number of anilines is 1. The van der Waals surface area contributed by atoms with Crippen molar-refractivity contribution in [2.45, 2.75) is 33.6 Å². The Morgan fingerprint density at radius 2 is 2.18 bits per heavy atom. The summed E-state index contributed by atoms with van der Waals surface area (Å²) < 4.78 is 0. The van der Waals surface area contributed by atoms with Gasteiger partial charge in [-0.15, -0.1) is 11.3 Å². The zero-order chi connectivity index (χ0) is 16.3. The Morgan fingerprint density at radius 1 is 1.45 bits per heavy atom. The van der Waals surface area contributed by atoms with E-state index in [0.717, 1.165) is 10.4 Å². The Labute approximate surface area is 131 Å². The van der Waals surface area contributed by atoms with Crippen LogP contribution in [0.25, 0.3) is 0 Å². The predicted octanol–water partition coefficient (Wildman–Crippen LogP) is 2.20. The molecule has 2 aromatic heterocycles. The highest BCUT2D eigenvalue weighted by atomic mass is 32.1. The number of rotatable bonds is 4. The van der Waals surface area contributed by atoms with E-state index in [0.29, 0.717) is 22.8 Å². The number of carbonyl (C=O) groups excluding carboxylic acids is 1. The van der Waals surface area contributed by atoms with Crippen LogP contribution in [0.2, 0.25) is 0 Å². The van der Waals surface area contributed by atoms with Crippen LogP contribution in [0.15, 0.2) is 11.0 Å². The van der Waals surface area contributed by atoms with Crippen LogP contribution in [-0.2, 0) is 11.2 Å². The molecule has 2 aromatic rings. The van der Waals surface area contributed by atoms with E-state index in [-0.39, 0.29) is 23.5 Å². The maximum atomic E-state index is 12.0. The van der Waals surface area contributed by atoms with Crippen molar-refractivity contribution in [1.82, 2.24) is 9.97 Å². The molecular formula is C15H16N4O2S. The molecule has 22 heavy (non-hydrogen) atoms. The van der Waals surface area contributed by atoms with E-state index in [1.54, 1.807) is 20.0 Å². The number of aromatic nitrogens is 2. The number of thiazole rings is 1. The van der Waals surface area contributed by atoms with Gasteiger partial charge in [0.25, 0.3) is 5.56 Å². The number of nitrogens with one attached hydrogen (secondary N) is 2. The van der Waals surface area contributed by atoms with Crippen molar-refractivity contribution in [2.75, 3.05) is 5.32 Å². The van der Waals surface area contributed by atoms with Gasteiger partial charge >= 0.3 is 0 Å². The molecule has 0 aromatic carbocycles. The average molecular weight is 316 g/mol. The largest absolute Gasteiger partial charge is 0.325 e. The predicted molar refractivity (Wildman–Crippen MR) is 85.1 cm³/mol. The quantitative estimate of drug-likeness (QED) is 0.903. The zero-order valence-electron chi connectivity index (χ0n) is 12.6. The van der Waals surface area contributed by atoms with E-state index in [9.17, 15) is 9.59 Å². The normalized spacial score (nSPS) is 10.3. The molecule has 2 rings (SSSR count). The van der Waals surface area contributed by atoms with E-state index in [2.05, 4.69) is 15.3 Å². The lowest BCUT2D eigenvalue weighted by Gasteiger charge is -2.10. The van der Waals surface area contributed by atoms with Crippen LogP contribution in [0, 0.1) is 32.1 Å². The van der Waals surface area contributed by atoms with Crippen molar-refractivity contribution in [3.63, 3.8) is 0 Å². The molecular weight excluding hydrogens is 300 g/mol. The first kappa shape index (κ1) is 15.9. The minimum Gasteiger partial charge on any atom is -0.325 e. The SMILES string of the molecule is Cc1cnc(NC(=O)CCc2c(C)[nH]c(=O)c(C#N)c2C)s1. The molecule has 2 N–H and O–H groups in total. The molecule has 7 heteroatoms. The van der Waals surface area contributed by atoms with Crippen molar-refractivity contribution in [2.24, 2.45) is 0 Å². The number of nitriles is 1. The van der Waals surface area contributed by atoms with E-state index >= 15 is 0 Å². The standard InChI is InChI=1S/C15H16N4O2S/c1-8-7-17-15(22-8)19-13(20)5-4-11-9(2)12(6-16)14(21)18-10(11)3/h7H,4-5H2,1-3H3,(H,18,21)(H,17,19,20). The minimum atomic E-state index is -0.385. The topological polar surface area (TPSA) is 98.6 Å². The number of hydrogen-bond acceptors (Lipinski definition) is 5. The van der Waals surface area contributed by atoms with Gasteiger partial charge in [0.05, 0.1) is 0 Å². The number of pyridine rings is 1. The second-order valence-corrected chi connectivity index (χ2v) is 6.23. The molecule has 6 nitrogen and oxygen atoms in total. The molecule has 0 aliphatic heterocycles. The Hall–Kier alpha value is -2.46. The van der Waals surface area contributed by atoms with Gasteiger partial charge in [-0.1, -0.05) is 0 Å². The molecule has 0 bridgehead atoms. The Kier molecular flexibility index (Phi) is 4.73. The summed E-state index contributed by atoms with van der Waals surface area (Å²) in [5.74, 6) is -0.141. The smallest absolute Gasteiger partial charge is 0.266 e. The minimum absolute atomic E-state index is 0.108. The first-order valence-electron chi connectivity index (χ1n) is 6.77. The summed E-state index contributed by atoms with van der Waals surface area (Å²) in [5, 5.41) is 12.4. The van der Waals surface area contributed by atoms with Crippen molar-refractivity contribution in [1.29, 1.82) is 5.26 Å². The number of H-pyrrole nitrogens is 1. The van der Waals surface area contributed by atoms with Crippen LogP contribution in [0.3, 0.4) is 0 Å². The molecule has 0 radical (unpaired) electrons. The van der Waals surface area contributed by atoms with Crippen molar-refractivity contribution in [3.8, 4) is 6.07 Å². The maximum Gasteiger partial charge on any atom is 0.266 e. The highest BCUT2D eigenvalue weighted by Gasteiger charge is 2.13. The van der Waals surface area contributed by atoms with E-state index in [1.165, 1.54) is 11.3 Å². The molecule has 2 heterocycles. The number of nitrogens with zero attached hydrogens (tertiary/aromatic N) is 2. The molecule has 0 aliphatic rings. The van der Waals surface area contributed by atoms with Gasteiger partial charge in [-0.05, 0) is 38.3 Å². The summed E-state index contributed by atoms with van der Waals surface area (Å²) in [5.41, 5.74) is 1.89. The van der Waals surface area contributed by atoms with Gasteiger partial charge in [0.2, 0.25) is 5.91 Å². The number of amides is 1. The second-order valence-electron chi connectivity index (χ2n) is 4.99. The lowest BCUT2D eigenvalue weighted by Crippen LogP contribution is -2.18. The lowest BCUT2D eigenvalue weighted by atomic mass is 9.99. The van der Waals surface area contributed by atoms with Crippen LogP contribution in [0.4, 0.5) is 5.13 Å². The Balaban J connectivity index is 2.10. The molecule has 0 unspecified atom stereocenters. The molecule has 0 saturated heterocycles. The third-order valence-electron chi connectivity index (χ3n) is 3.39. The van der Waals surface area contributed by atoms with E-state index in [1.807, 2.05) is 13.0 Å². The second kappa shape index (κ2) is 6.54. The summed E-state index contributed by atoms with van der Waals surface area (Å²) in [4.78, 5) is 31.4. The van der Waals surface area contributed by atoms with E-state index in [4.69, 9.17) is 5.26 Å². The molecule has 0 fully saturated rings. The first-order chi connectivity index (χ1) is 10.4. The molecule has 1 amide bonds. The fourth-order valence-electron chi connectivity index (χ4n) is 2.25. The summed E-state index contributed by atoms with van der Waals surface area (Å²) in [6.45, 7) is 5.43. The maximum absolute atomic E-state index is 12.0. The molecule has 0 atom stereocenters. The van der Waals surface area contributed by atoms with Crippen molar-refractivity contribution in [3.05, 3.63) is 43.8 Å². The number of aromatic amines is 1. The fraction of sp³-hybridized carbons (Fsp3) is 0.333. The van der Waals surface area contributed by atoms with Crippen LogP contribution in [0.5, 0.6) is 0 Å². The zero-order valence-corrected chi connectivity index (χ0v) is 13.4. The number of carbonyl (C=O) groups is 1. The third-order valence-corrected chi connectivity index (χ3v) is 4.22. The average Bonchev–Trinajstić information content (AvgIpc) is 2.83. The first-order valence-corrected chi connectivity index (χ1v) is 7.58. The number of hydrogen-bond donors (Lipinski definition) is 2. The van der Waals surface area contributed by atoms with Gasteiger partial charge < -0.3 is 10.3 Å². The summed E-state index contributed by atoms with van der Waals surface area (Å²) in [7, 11) is 0. The van der Waals surface area contributed by atoms with Crippen LogP contribution in [-0.4, -0.2) is 15.9 Å². The fourth-order valence-corrected chi connectivity index (χ4v) is 2.93. The Bertz CT molecular complexity index is 814. The molecule has 114 valence electrons. The van der Waals surface area contributed by atoms with Crippen molar-refractivity contribution >= 4 is 22.4 Å².